The van der Waals surface area contributed by atoms with Crippen molar-refractivity contribution in [3.63, 3.8) is 0 Å². The largest absolute Gasteiger partial charge is 0.396 e. The fourth-order valence-electron chi connectivity index (χ4n) is 2.07. The highest BCUT2D eigenvalue weighted by molar-refractivity contribution is 4.65. The minimum Gasteiger partial charge on any atom is -0.396 e. The van der Waals surface area contributed by atoms with Gasteiger partial charge in [0.25, 0.3) is 0 Å². The third kappa shape index (κ3) is 8.12. The van der Waals surface area contributed by atoms with Crippen molar-refractivity contribution in [1.82, 2.24) is 5.32 Å². The average molecular weight is 229 g/mol. The summed E-state index contributed by atoms with van der Waals surface area (Å²) < 4.78 is 0. The summed E-state index contributed by atoms with van der Waals surface area (Å²) in [5.74, 6) is 1.49. The first-order valence-corrected chi connectivity index (χ1v) is 7.09. The standard InChI is InChI=1S/C14H31NO/c1-4-7-8-13(5-2)11-15-12-14(6-3)9-10-16/h13-16H,4-12H2,1-3H3. The normalized spacial score (nSPS) is 15.0. The zero-order valence-electron chi connectivity index (χ0n) is 11.5. The van der Waals surface area contributed by atoms with Crippen molar-refractivity contribution in [1.29, 1.82) is 0 Å². The van der Waals surface area contributed by atoms with Crippen molar-refractivity contribution in [3.8, 4) is 0 Å². The van der Waals surface area contributed by atoms with Crippen LogP contribution in [0.25, 0.3) is 0 Å². The Labute approximate surface area is 102 Å². The summed E-state index contributed by atoms with van der Waals surface area (Å²) in [5.41, 5.74) is 0. The molecule has 0 bridgehead atoms. The summed E-state index contributed by atoms with van der Waals surface area (Å²) in [6.45, 7) is 9.29. The summed E-state index contributed by atoms with van der Waals surface area (Å²) in [5, 5.41) is 12.5. The van der Waals surface area contributed by atoms with Crippen LogP contribution < -0.4 is 5.32 Å². The lowest BCUT2D eigenvalue weighted by atomic mass is 9.98. The Morgan fingerprint density at radius 2 is 1.50 bits per heavy atom. The second-order valence-electron chi connectivity index (χ2n) is 4.86. The molecule has 0 aromatic heterocycles. The molecule has 0 fully saturated rings. The second kappa shape index (κ2) is 11.4. The van der Waals surface area contributed by atoms with Crippen molar-refractivity contribution in [2.45, 2.75) is 59.3 Å². The summed E-state index contributed by atoms with van der Waals surface area (Å²) in [6, 6.07) is 0. The molecule has 16 heavy (non-hydrogen) atoms. The molecule has 0 rings (SSSR count). The van der Waals surface area contributed by atoms with E-state index in [2.05, 4.69) is 26.1 Å². The Balaban J connectivity index is 3.58. The molecule has 0 saturated heterocycles. The van der Waals surface area contributed by atoms with Gasteiger partial charge in [-0.2, -0.15) is 0 Å². The molecule has 2 atom stereocenters. The van der Waals surface area contributed by atoms with Gasteiger partial charge in [0, 0.05) is 6.61 Å². The Morgan fingerprint density at radius 1 is 0.938 bits per heavy atom. The highest BCUT2D eigenvalue weighted by Crippen LogP contribution is 2.12. The Kier molecular flexibility index (Phi) is 11.3. The van der Waals surface area contributed by atoms with Gasteiger partial charge in [0.1, 0.15) is 0 Å². The van der Waals surface area contributed by atoms with Gasteiger partial charge in [0.15, 0.2) is 0 Å². The zero-order chi connectivity index (χ0) is 12.2. The smallest absolute Gasteiger partial charge is 0.0434 e. The fourth-order valence-corrected chi connectivity index (χ4v) is 2.07. The molecule has 98 valence electrons. The predicted octanol–water partition coefficient (Wildman–Crippen LogP) is 3.20. The molecule has 2 N–H and O–H groups in total. The number of aliphatic hydroxyl groups excluding tert-OH is 1. The molecular weight excluding hydrogens is 198 g/mol. The van der Waals surface area contributed by atoms with Gasteiger partial charge in [-0.05, 0) is 37.8 Å². The molecular formula is C14H31NO. The molecule has 0 aromatic carbocycles. The van der Waals surface area contributed by atoms with Crippen LogP contribution in [0.4, 0.5) is 0 Å². The summed E-state index contributed by atoms with van der Waals surface area (Å²) >= 11 is 0. The summed E-state index contributed by atoms with van der Waals surface area (Å²) in [7, 11) is 0. The van der Waals surface area contributed by atoms with Gasteiger partial charge in [-0.25, -0.2) is 0 Å². The van der Waals surface area contributed by atoms with Gasteiger partial charge >= 0.3 is 0 Å². The predicted molar refractivity (Wildman–Crippen MR) is 71.7 cm³/mol. The Morgan fingerprint density at radius 3 is 1.94 bits per heavy atom. The second-order valence-corrected chi connectivity index (χ2v) is 4.86. The minimum absolute atomic E-state index is 0.327. The lowest BCUT2D eigenvalue weighted by Gasteiger charge is -2.18. The molecule has 0 spiro atoms. The van der Waals surface area contributed by atoms with Crippen LogP contribution in [0.1, 0.15) is 59.3 Å². The van der Waals surface area contributed by atoms with E-state index in [1.54, 1.807) is 0 Å². The van der Waals surface area contributed by atoms with Crippen molar-refractivity contribution < 1.29 is 5.11 Å². The van der Waals surface area contributed by atoms with Crippen molar-refractivity contribution in [2.75, 3.05) is 19.7 Å². The molecule has 2 heteroatoms. The number of hydrogen-bond acceptors (Lipinski definition) is 2. The Hall–Kier alpha value is -0.0800. The van der Waals surface area contributed by atoms with Crippen LogP contribution >= 0.6 is 0 Å². The fraction of sp³-hybridized carbons (Fsp3) is 1.00. The van der Waals surface area contributed by atoms with Crippen LogP contribution in [0, 0.1) is 11.8 Å². The molecule has 0 aromatic rings. The molecule has 2 nitrogen and oxygen atoms in total. The quantitative estimate of drug-likeness (QED) is 0.570. The highest BCUT2D eigenvalue weighted by Gasteiger charge is 2.08. The first-order valence-electron chi connectivity index (χ1n) is 7.09. The molecule has 0 heterocycles. The van der Waals surface area contributed by atoms with E-state index in [1.807, 2.05) is 0 Å². The van der Waals surface area contributed by atoms with E-state index in [0.29, 0.717) is 12.5 Å². The van der Waals surface area contributed by atoms with Gasteiger partial charge < -0.3 is 10.4 Å². The van der Waals surface area contributed by atoms with E-state index in [4.69, 9.17) is 5.11 Å². The van der Waals surface area contributed by atoms with Crippen LogP contribution in [-0.4, -0.2) is 24.8 Å². The average Bonchev–Trinajstić information content (AvgIpc) is 2.32. The zero-order valence-corrected chi connectivity index (χ0v) is 11.5. The van der Waals surface area contributed by atoms with Gasteiger partial charge in [-0.15, -0.1) is 0 Å². The third-order valence-electron chi connectivity index (χ3n) is 3.52. The monoisotopic (exact) mass is 229 g/mol. The molecule has 0 aliphatic carbocycles. The molecule has 0 aliphatic heterocycles. The van der Waals surface area contributed by atoms with Crippen molar-refractivity contribution in [3.05, 3.63) is 0 Å². The molecule has 0 amide bonds. The van der Waals surface area contributed by atoms with Crippen LogP contribution in [-0.2, 0) is 0 Å². The van der Waals surface area contributed by atoms with E-state index < -0.39 is 0 Å². The maximum atomic E-state index is 8.91. The molecule has 2 unspecified atom stereocenters. The van der Waals surface area contributed by atoms with Gasteiger partial charge in [-0.3, -0.25) is 0 Å². The molecule has 0 saturated carbocycles. The number of unbranched alkanes of at least 4 members (excludes halogenated alkanes) is 1. The van der Waals surface area contributed by atoms with E-state index in [0.717, 1.165) is 25.4 Å². The van der Waals surface area contributed by atoms with E-state index in [1.165, 1.54) is 32.1 Å². The van der Waals surface area contributed by atoms with Crippen molar-refractivity contribution >= 4 is 0 Å². The lowest BCUT2D eigenvalue weighted by Crippen LogP contribution is -2.28. The van der Waals surface area contributed by atoms with Crippen LogP contribution in [0.2, 0.25) is 0 Å². The molecule has 0 radical (unpaired) electrons. The first kappa shape index (κ1) is 15.9. The van der Waals surface area contributed by atoms with E-state index in [9.17, 15) is 0 Å². The minimum atomic E-state index is 0.327. The van der Waals surface area contributed by atoms with E-state index in [-0.39, 0.29) is 0 Å². The van der Waals surface area contributed by atoms with Crippen LogP contribution in [0.5, 0.6) is 0 Å². The van der Waals surface area contributed by atoms with Gasteiger partial charge in [0.2, 0.25) is 0 Å². The third-order valence-corrected chi connectivity index (χ3v) is 3.52. The highest BCUT2D eigenvalue weighted by atomic mass is 16.3. The number of rotatable bonds is 11. The van der Waals surface area contributed by atoms with Crippen LogP contribution in [0.3, 0.4) is 0 Å². The van der Waals surface area contributed by atoms with E-state index >= 15 is 0 Å². The molecule has 0 aliphatic rings. The SMILES string of the molecule is CCCCC(CC)CNCC(CC)CCO. The maximum Gasteiger partial charge on any atom is 0.0434 e. The van der Waals surface area contributed by atoms with Crippen LogP contribution in [0.15, 0.2) is 0 Å². The number of hydrogen-bond donors (Lipinski definition) is 2. The van der Waals surface area contributed by atoms with Gasteiger partial charge in [-0.1, -0.05) is 46.5 Å². The lowest BCUT2D eigenvalue weighted by molar-refractivity contribution is 0.249. The number of nitrogens with one attached hydrogen (secondary N) is 1. The summed E-state index contributed by atoms with van der Waals surface area (Å²) in [4.78, 5) is 0. The van der Waals surface area contributed by atoms with Crippen molar-refractivity contribution in [2.24, 2.45) is 11.8 Å². The maximum absolute atomic E-state index is 8.91. The van der Waals surface area contributed by atoms with Gasteiger partial charge in [0.05, 0.1) is 0 Å². The summed E-state index contributed by atoms with van der Waals surface area (Å²) in [6.07, 6.45) is 7.40. The Bertz CT molecular complexity index is 139. The first-order chi connectivity index (χ1) is 7.78. The number of aliphatic hydroxyl groups is 1. The topological polar surface area (TPSA) is 32.3 Å².